The minimum atomic E-state index is -3.24. The summed E-state index contributed by atoms with van der Waals surface area (Å²) in [5.74, 6) is 0. The zero-order valence-corrected chi connectivity index (χ0v) is 61.9. The van der Waals surface area contributed by atoms with E-state index in [1.165, 1.54) is 125 Å². The molecule has 100 heavy (non-hydrogen) atoms. The van der Waals surface area contributed by atoms with Crippen molar-refractivity contribution in [2.75, 3.05) is 9.80 Å². The highest BCUT2D eigenvalue weighted by atomic mass is 28.3. The Hall–Kier alpha value is -10.2. The first-order chi connectivity index (χ1) is 48.1. The lowest BCUT2D eigenvalue weighted by Gasteiger charge is -2.46. The molecule has 0 amide bonds. The monoisotopic (exact) mass is 1330 g/mol. The molecule has 0 saturated heterocycles. The molecular formula is C94H88BN3Si2. The average molecular weight is 1330 g/mol. The number of hydrogen-bond donors (Lipinski definition) is 0. The van der Waals surface area contributed by atoms with Crippen LogP contribution in [0.15, 0.2) is 315 Å². The second kappa shape index (κ2) is 24.3. The summed E-state index contributed by atoms with van der Waals surface area (Å²) in [7, 11) is -6.30. The lowest BCUT2D eigenvalue weighted by atomic mass is 9.33. The first kappa shape index (κ1) is 64.4. The van der Waals surface area contributed by atoms with Gasteiger partial charge in [-0.05, 0) is 169 Å². The molecule has 0 aliphatic carbocycles. The van der Waals surface area contributed by atoms with E-state index >= 15 is 0 Å². The van der Waals surface area contributed by atoms with E-state index in [1.54, 1.807) is 0 Å². The van der Waals surface area contributed by atoms with Crippen molar-refractivity contribution in [3.63, 3.8) is 0 Å². The second-order valence-electron chi connectivity index (χ2n) is 32.1. The predicted molar refractivity (Wildman–Crippen MR) is 437 cm³/mol. The SMILES string of the molecule is CC(C)(C)c1ccc2c(c1)N(c1cccc([Si](c3ccccc3)(c3ccccc3)c3ccccc3)c1)c1cc(-n3c4ccc(C(C)(C)C)cc4c4cc(C(C)(C)C)ccc43)cc3c1B2c1ccc(C(C)(C)C)cc1N3c1ccccc1[Si](c1ccccc1)(c1ccccc1)c1ccccc1. The maximum atomic E-state index is 2.75. The molecule has 0 radical (unpaired) electrons. The average Bonchev–Trinajstić information content (AvgIpc) is 0.791. The van der Waals surface area contributed by atoms with Gasteiger partial charge >= 0.3 is 0 Å². The van der Waals surface area contributed by atoms with E-state index < -0.39 is 16.1 Å². The normalized spacial score (nSPS) is 13.3. The molecule has 3 nitrogen and oxygen atoms in total. The van der Waals surface area contributed by atoms with Crippen LogP contribution in [0.2, 0.25) is 0 Å². The summed E-state index contributed by atoms with van der Waals surface area (Å²) in [6.07, 6.45) is 0. The van der Waals surface area contributed by atoms with E-state index in [4.69, 9.17) is 0 Å². The van der Waals surface area contributed by atoms with Crippen LogP contribution in [0.25, 0.3) is 27.5 Å². The van der Waals surface area contributed by atoms with Gasteiger partial charge in [0.15, 0.2) is 16.1 Å². The molecule has 3 heterocycles. The van der Waals surface area contributed by atoms with Crippen LogP contribution in [0.3, 0.4) is 0 Å². The van der Waals surface area contributed by atoms with Gasteiger partial charge in [-0.3, -0.25) is 0 Å². The Kier molecular flexibility index (Phi) is 15.7. The number of rotatable bonds is 11. The highest BCUT2D eigenvalue weighted by molar-refractivity contribution is 7.21. The molecule has 6 heteroatoms. The number of anilines is 6. The Balaban J connectivity index is 1.09. The van der Waals surface area contributed by atoms with Crippen molar-refractivity contribution in [1.29, 1.82) is 0 Å². The van der Waals surface area contributed by atoms with Crippen LogP contribution in [-0.2, 0) is 21.7 Å². The van der Waals surface area contributed by atoms with Crippen molar-refractivity contribution in [2.24, 2.45) is 0 Å². The van der Waals surface area contributed by atoms with Gasteiger partial charge in [-0.15, -0.1) is 0 Å². The molecule has 0 atom stereocenters. The van der Waals surface area contributed by atoms with Gasteiger partial charge < -0.3 is 14.4 Å². The summed E-state index contributed by atoms with van der Waals surface area (Å²) in [5, 5.41) is 13.2. The number of hydrogen-bond acceptors (Lipinski definition) is 2. The molecule has 2 aliphatic heterocycles. The summed E-state index contributed by atoms with van der Waals surface area (Å²) in [6.45, 7) is 28.1. The fourth-order valence-electron chi connectivity index (χ4n) is 16.8. The quantitative estimate of drug-likeness (QED) is 0.0944. The highest BCUT2D eigenvalue weighted by Crippen LogP contribution is 2.48. The summed E-state index contributed by atoms with van der Waals surface area (Å²) in [5.41, 5.74) is 19.1. The molecule has 2 aliphatic rings. The number of fused-ring (bicyclic) bond motifs is 7. The standard InChI is InChI=1S/C94H88BN3Si2/c1-91(2,3)65-52-56-82-78(58-65)79-59-66(92(4,5)6)53-57-83(79)97(82)70-63-87-90-88(64-70)98(84-48-31-32-49-89(84)100(74-41-25-16-26-42-74,75-43-27-17-28-44-75)76-45-29-18-30-46-76)86-61-68(94(10,11)12)51-55-81(86)95(90)80-54-50-67(93(7,8)9)60-85(80)96(87)69-34-33-47-77(62-69)99(71-35-19-13-20-36-71,72-37-21-14-22-38-72)73-39-23-15-24-40-73/h13-64H,1-12H3. The molecule has 0 saturated carbocycles. The summed E-state index contributed by atoms with van der Waals surface area (Å²) < 4.78 is 2.62. The van der Waals surface area contributed by atoms with E-state index in [1.807, 2.05) is 0 Å². The number of nitrogens with zero attached hydrogens (tertiary/aromatic N) is 3. The third kappa shape index (κ3) is 10.5. The van der Waals surface area contributed by atoms with E-state index in [0.29, 0.717) is 0 Å². The second-order valence-corrected chi connectivity index (χ2v) is 39.7. The molecular weight excluding hydrogens is 1240 g/mol. The maximum absolute atomic E-state index is 3.24. The van der Waals surface area contributed by atoms with Crippen molar-refractivity contribution < 1.29 is 0 Å². The minimum absolute atomic E-state index is 0.0729. The van der Waals surface area contributed by atoms with Gasteiger partial charge in [0.05, 0.1) is 16.7 Å². The zero-order chi connectivity index (χ0) is 69.1. The summed E-state index contributed by atoms with van der Waals surface area (Å²) in [6, 6.07) is 123. The molecule has 0 spiro atoms. The van der Waals surface area contributed by atoms with E-state index in [2.05, 4.69) is 413 Å². The molecule has 13 aromatic carbocycles. The van der Waals surface area contributed by atoms with Crippen LogP contribution in [0, 0.1) is 0 Å². The zero-order valence-electron chi connectivity index (χ0n) is 59.9. The Morgan fingerprint density at radius 2 is 0.590 bits per heavy atom. The molecule has 16 rings (SSSR count). The Labute approximate surface area is 595 Å². The molecule has 0 N–H and O–H groups in total. The van der Waals surface area contributed by atoms with Crippen molar-refractivity contribution in [3.05, 3.63) is 338 Å². The first-order valence-electron chi connectivity index (χ1n) is 35.8. The van der Waals surface area contributed by atoms with Crippen LogP contribution in [-0.4, -0.2) is 27.4 Å². The molecule has 14 aromatic rings. The largest absolute Gasteiger partial charge is 0.311 e. The molecule has 0 unspecified atom stereocenters. The molecule has 490 valence electrons. The fourth-order valence-corrected chi connectivity index (χ4v) is 26.5. The number of aromatic nitrogens is 1. The fraction of sp³-hybridized carbons (Fsp3) is 0.170. The van der Waals surface area contributed by atoms with Crippen LogP contribution in [0.1, 0.15) is 105 Å². The molecule has 0 bridgehead atoms. The van der Waals surface area contributed by atoms with Crippen LogP contribution >= 0.6 is 0 Å². The maximum Gasteiger partial charge on any atom is 0.252 e. The van der Waals surface area contributed by atoms with Crippen LogP contribution < -0.4 is 67.7 Å². The Morgan fingerprint density at radius 3 is 1.00 bits per heavy atom. The van der Waals surface area contributed by atoms with E-state index in [-0.39, 0.29) is 28.4 Å². The molecule has 0 fully saturated rings. The smallest absolute Gasteiger partial charge is 0.252 e. The van der Waals surface area contributed by atoms with E-state index in [0.717, 1.165) is 17.1 Å². The predicted octanol–water partition coefficient (Wildman–Crippen LogP) is 16.8. The highest BCUT2D eigenvalue weighted by Gasteiger charge is 2.49. The third-order valence-corrected chi connectivity index (χ3v) is 31.5. The van der Waals surface area contributed by atoms with Gasteiger partial charge in [-0.1, -0.05) is 332 Å². The number of para-hydroxylation sites is 1. The Bertz CT molecular complexity index is 5140. The molecule has 1 aromatic heterocycles. The minimum Gasteiger partial charge on any atom is -0.311 e. The first-order valence-corrected chi connectivity index (χ1v) is 39.8. The van der Waals surface area contributed by atoms with Crippen molar-refractivity contribution in [3.8, 4) is 5.69 Å². The topological polar surface area (TPSA) is 11.4 Å². The summed E-state index contributed by atoms with van der Waals surface area (Å²) in [4.78, 5) is 5.45. The van der Waals surface area contributed by atoms with Gasteiger partial charge in [0.1, 0.15) is 0 Å². The summed E-state index contributed by atoms with van der Waals surface area (Å²) >= 11 is 0. The van der Waals surface area contributed by atoms with Gasteiger partial charge in [-0.2, -0.15) is 0 Å². The number of benzene rings is 13. The van der Waals surface area contributed by atoms with Crippen molar-refractivity contribution in [1.82, 2.24) is 4.57 Å². The lowest BCUT2D eigenvalue weighted by Crippen LogP contribution is -2.75. The van der Waals surface area contributed by atoms with Crippen LogP contribution in [0.5, 0.6) is 0 Å². The lowest BCUT2D eigenvalue weighted by molar-refractivity contribution is 0.590. The van der Waals surface area contributed by atoms with Gasteiger partial charge in [-0.25, -0.2) is 0 Å². The van der Waals surface area contributed by atoms with Gasteiger partial charge in [0.25, 0.3) is 6.71 Å². The Morgan fingerprint density at radius 1 is 0.250 bits per heavy atom. The van der Waals surface area contributed by atoms with E-state index in [9.17, 15) is 0 Å². The van der Waals surface area contributed by atoms with Gasteiger partial charge in [0, 0.05) is 44.9 Å². The van der Waals surface area contributed by atoms with Gasteiger partial charge in [0.2, 0.25) is 0 Å². The van der Waals surface area contributed by atoms with Crippen molar-refractivity contribution in [2.45, 2.75) is 105 Å². The third-order valence-electron chi connectivity index (χ3n) is 21.9. The van der Waals surface area contributed by atoms with Crippen LogP contribution in [0.4, 0.5) is 34.1 Å². The van der Waals surface area contributed by atoms with Crippen molar-refractivity contribution >= 4 is 137 Å².